The molecule has 1 aromatic rings. The molecule has 0 saturated carbocycles. The Balaban J connectivity index is 0.00000324. The van der Waals surface area contributed by atoms with Crippen molar-refractivity contribution < 1.29 is 24.1 Å². The zero-order chi connectivity index (χ0) is 13.7. The van der Waals surface area contributed by atoms with Gasteiger partial charge in [0.1, 0.15) is 0 Å². The third-order valence-electron chi connectivity index (χ3n) is 2.51. The van der Waals surface area contributed by atoms with Crippen LogP contribution >= 0.6 is 12.4 Å². The standard InChI is InChI=1S/C12H17NO5.ClH/c1-16-9-4-7(8(13)6-11(14)15)5-10(17-2)12(9)18-3;/h4-5,8H,6,13H2,1-3H3,(H,14,15);1H/t8-;/m0./s1. The number of rotatable bonds is 6. The Morgan fingerprint density at radius 1 is 1.21 bits per heavy atom. The van der Waals surface area contributed by atoms with Crippen molar-refractivity contribution in [1.82, 2.24) is 0 Å². The van der Waals surface area contributed by atoms with E-state index in [9.17, 15) is 4.79 Å². The van der Waals surface area contributed by atoms with E-state index < -0.39 is 12.0 Å². The van der Waals surface area contributed by atoms with Gasteiger partial charge in [-0.1, -0.05) is 0 Å². The van der Waals surface area contributed by atoms with Crippen LogP contribution < -0.4 is 19.9 Å². The fraction of sp³-hybridized carbons (Fsp3) is 0.417. The van der Waals surface area contributed by atoms with E-state index in [1.54, 1.807) is 12.1 Å². The number of carbonyl (C=O) groups is 1. The quantitative estimate of drug-likeness (QED) is 0.827. The number of carboxylic acid groups (broad SMARTS) is 1. The lowest BCUT2D eigenvalue weighted by Crippen LogP contribution is -2.15. The first-order chi connectivity index (χ1) is 8.53. The van der Waals surface area contributed by atoms with E-state index in [4.69, 9.17) is 25.1 Å². The van der Waals surface area contributed by atoms with Crippen LogP contribution in [-0.4, -0.2) is 32.4 Å². The molecule has 3 N–H and O–H groups in total. The van der Waals surface area contributed by atoms with Gasteiger partial charge in [-0.05, 0) is 17.7 Å². The molecule has 0 bridgehead atoms. The third kappa shape index (κ3) is 4.18. The summed E-state index contributed by atoms with van der Waals surface area (Å²) >= 11 is 0. The summed E-state index contributed by atoms with van der Waals surface area (Å²) in [7, 11) is 4.48. The van der Waals surface area contributed by atoms with Gasteiger partial charge in [0.2, 0.25) is 5.75 Å². The molecule has 19 heavy (non-hydrogen) atoms. The van der Waals surface area contributed by atoms with Crippen molar-refractivity contribution in [3.63, 3.8) is 0 Å². The Labute approximate surface area is 117 Å². The molecule has 0 aliphatic carbocycles. The molecule has 1 rings (SSSR count). The zero-order valence-corrected chi connectivity index (χ0v) is 11.8. The second kappa shape index (κ2) is 7.70. The molecule has 0 unspecified atom stereocenters. The zero-order valence-electron chi connectivity index (χ0n) is 11.0. The molecule has 0 spiro atoms. The van der Waals surface area contributed by atoms with Crippen LogP contribution in [0.15, 0.2) is 12.1 Å². The molecule has 1 atom stereocenters. The Kier molecular flexibility index (Phi) is 7.03. The van der Waals surface area contributed by atoms with Crippen molar-refractivity contribution in [3.05, 3.63) is 17.7 Å². The first kappa shape index (κ1) is 17.3. The van der Waals surface area contributed by atoms with Gasteiger partial charge in [0.05, 0.1) is 27.8 Å². The molecule has 0 aliphatic rings. The van der Waals surface area contributed by atoms with Gasteiger partial charge in [0, 0.05) is 6.04 Å². The average Bonchev–Trinajstić information content (AvgIpc) is 2.35. The van der Waals surface area contributed by atoms with E-state index in [0.29, 0.717) is 22.8 Å². The van der Waals surface area contributed by atoms with Crippen LogP contribution in [0.4, 0.5) is 0 Å². The minimum atomic E-state index is -0.962. The van der Waals surface area contributed by atoms with Crippen LogP contribution in [0.25, 0.3) is 0 Å². The molecule has 0 radical (unpaired) electrons. The van der Waals surface area contributed by atoms with E-state index in [0.717, 1.165) is 0 Å². The molecule has 7 heteroatoms. The Morgan fingerprint density at radius 3 is 2.00 bits per heavy atom. The van der Waals surface area contributed by atoms with Gasteiger partial charge in [0.25, 0.3) is 0 Å². The lowest BCUT2D eigenvalue weighted by atomic mass is 10.0. The number of ether oxygens (including phenoxy) is 3. The number of hydrogen-bond donors (Lipinski definition) is 2. The predicted molar refractivity (Wildman–Crippen MR) is 72.5 cm³/mol. The molecule has 108 valence electrons. The Hall–Kier alpha value is -1.66. The van der Waals surface area contributed by atoms with Crippen LogP contribution in [0.2, 0.25) is 0 Å². The summed E-state index contributed by atoms with van der Waals surface area (Å²) in [5.41, 5.74) is 6.42. The summed E-state index contributed by atoms with van der Waals surface area (Å²) in [5.74, 6) is 0.392. The summed E-state index contributed by atoms with van der Waals surface area (Å²) in [4.78, 5) is 10.6. The minimum Gasteiger partial charge on any atom is -0.493 e. The summed E-state index contributed by atoms with van der Waals surface area (Å²) in [6.45, 7) is 0. The normalized spacial score (nSPS) is 11.2. The highest BCUT2D eigenvalue weighted by atomic mass is 35.5. The van der Waals surface area contributed by atoms with Crippen molar-refractivity contribution in [2.45, 2.75) is 12.5 Å². The third-order valence-corrected chi connectivity index (χ3v) is 2.51. The van der Waals surface area contributed by atoms with Gasteiger partial charge in [-0.3, -0.25) is 4.79 Å². The lowest BCUT2D eigenvalue weighted by Gasteiger charge is -2.16. The maximum absolute atomic E-state index is 10.6. The van der Waals surface area contributed by atoms with Crippen molar-refractivity contribution in [3.8, 4) is 17.2 Å². The molecule has 0 aliphatic heterocycles. The van der Waals surface area contributed by atoms with Crippen LogP contribution in [0, 0.1) is 0 Å². The summed E-state index contributed by atoms with van der Waals surface area (Å²) in [5, 5.41) is 8.73. The first-order valence-corrected chi connectivity index (χ1v) is 5.30. The SMILES string of the molecule is COc1cc([C@@H](N)CC(=O)O)cc(OC)c1OC.Cl. The largest absolute Gasteiger partial charge is 0.493 e. The van der Waals surface area contributed by atoms with E-state index in [1.165, 1.54) is 21.3 Å². The number of methoxy groups -OCH3 is 3. The topological polar surface area (TPSA) is 91.0 Å². The van der Waals surface area contributed by atoms with Crippen LogP contribution in [0.1, 0.15) is 18.0 Å². The van der Waals surface area contributed by atoms with Gasteiger partial charge >= 0.3 is 5.97 Å². The fourth-order valence-electron chi connectivity index (χ4n) is 1.62. The highest BCUT2D eigenvalue weighted by molar-refractivity contribution is 5.85. The molecule has 0 saturated heterocycles. The van der Waals surface area contributed by atoms with Crippen LogP contribution in [0.5, 0.6) is 17.2 Å². The van der Waals surface area contributed by atoms with Gasteiger partial charge < -0.3 is 25.1 Å². The summed E-state index contributed by atoms with van der Waals surface area (Å²) in [6.07, 6.45) is -0.168. The van der Waals surface area contributed by atoms with Crippen LogP contribution in [-0.2, 0) is 4.79 Å². The molecular formula is C12H18ClNO5. The Bertz CT molecular complexity index is 413. The van der Waals surface area contributed by atoms with Crippen molar-refractivity contribution in [2.24, 2.45) is 5.73 Å². The van der Waals surface area contributed by atoms with Crippen molar-refractivity contribution >= 4 is 18.4 Å². The van der Waals surface area contributed by atoms with Gasteiger partial charge in [-0.2, -0.15) is 0 Å². The highest BCUT2D eigenvalue weighted by Crippen LogP contribution is 2.39. The molecule has 0 fully saturated rings. The van der Waals surface area contributed by atoms with Crippen molar-refractivity contribution in [2.75, 3.05) is 21.3 Å². The maximum Gasteiger partial charge on any atom is 0.305 e. The molecular weight excluding hydrogens is 274 g/mol. The molecule has 0 aromatic heterocycles. The van der Waals surface area contributed by atoms with E-state index in [1.807, 2.05) is 0 Å². The van der Waals surface area contributed by atoms with Gasteiger partial charge in [0.15, 0.2) is 11.5 Å². The molecule has 1 aromatic carbocycles. The average molecular weight is 292 g/mol. The first-order valence-electron chi connectivity index (χ1n) is 5.30. The number of nitrogens with two attached hydrogens (primary N) is 1. The number of carboxylic acids is 1. The molecule has 6 nitrogen and oxygen atoms in total. The molecule has 0 heterocycles. The van der Waals surface area contributed by atoms with Crippen molar-refractivity contribution in [1.29, 1.82) is 0 Å². The number of benzene rings is 1. The van der Waals surface area contributed by atoms with Gasteiger partial charge in [-0.15, -0.1) is 12.4 Å². The summed E-state index contributed by atoms with van der Waals surface area (Å²) < 4.78 is 15.5. The number of hydrogen-bond acceptors (Lipinski definition) is 5. The molecule has 0 amide bonds. The highest BCUT2D eigenvalue weighted by Gasteiger charge is 2.18. The lowest BCUT2D eigenvalue weighted by molar-refractivity contribution is -0.137. The van der Waals surface area contributed by atoms with E-state index in [2.05, 4.69) is 0 Å². The minimum absolute atomic E-state index is 0. The smallest absolute Gasteiger partial charge is 0.305 e. The monoisotopic (exact) mass is 291 g/mol. The second-order valence-electron chi connectivity index (χ2n) is 3.66. The predicted octanol–water partition coefficient (Wildman–Crippen LogP) is 1.61. The van der Waals surface area contributed by atoms with Gasteiger partial charge in [-0.25, -0.2) is 0 Å². The second-order valence-corrected chi connectivity index (χ2v) is 3.66. The number of halogens is 1. The van der Waals surface area contributed by atoms with E-state index in [-0.39, 0.29) is 18.8 Å². The van der Waals surface area contributed by atoms with Crippen LogP contribution in [0.3, 0.4) is 0 Å². The summed E-state index contributed by atoms with van der Waals surface area (Å²) in [6, 6.07) is 2.67. The number of aliphatic carboxylic acids is 1. The fourth-order valence-corrected chi connectivity index (χ4v) is 1.62. The van der Waals surface area contributed by atoms with E-state index >= 15 is 0 Å². The maximum atomic E-state index is 10.6. The Morgan fingerprint density at radius 2 is 1.68 bits per heavy atom.